The van der Waals surface area contributed by atoms with Gasteiger partial charge in [0, 0.05) is 13.1 Å². The Morgan fingerprint density at radius 1 is 1.32 bits per heavy atom. The Morgan fingerprint density at radius 2 is 1.84 bits per heavy atom. The molecule has 1 fully saturated rings. The molecule has 0 aromatic carbocycles. The Labute approximate surface area is 114 Å². The fourth-order valence-corrected chi connectivity index (χ4v) is 2.30. The second kappa shape index (κ2) is 6.23. The number of carbonyl (C=O) groups excluding carboxylic acids is 1. The molecule has 0 radical (unpaired) electrons. The molecule has 1 heterocycles. The van der Waals surface area contributed by atoms with Gasteiger partial charge in [-0.2, -0.15) is 0 Å². The first-order valence-electron chi connectivity index (χ1n) is 6.62. The number of nitrogens with zero attached hydrogens (tertiary/aromatic N) is 1. The zero-order valence-electron chi connectivity index (χ0n) is 12.1. The van der Waals surface area contributed by atoms with Gasteiger partial charge in [0.1, 0.15) is 11.6 Å². The average Bonchev–Trinajstić information content (AvgIpc) is 2.28. The predicted octanol–water partition coefficient (Wildman–Crippen LogP) is 1.31. The highest BCUT2D eigenvalue weighted by molar-refractivity contribution is 5.74. The van der Waals surface area contributed by atoms with Gasteiger partial charge in [0.15, 0.2) is 0 Å². The number of ether oxygens (including phenoxy) is 1. The SMILES string of the molecule is CN[C@@H](C(=O)O)C1CCN(C(=O)OC(C)(C)C)CC1. The summed E-state index contributed by atoms with van der Waals surface area (Å²) in [6, 6.07) is -0.541. The van der Waals surface area contributed by atoms with E-state index in [1.807, 2.05) is 20.8 Å². The van der Waals surface area contributed by atoms with Crippen LogP contribution in [0.25, 0.3) is 0 Å². The normalized spacial score (nSPS) is 19.1. The van der Waals surface area contributed by atoms with Crippen LogP contribution in [0.4, 0.5) is 4.79 Å². The van der Waals surface area contributed by atoms with Gasteiger partial charge in [-0.05, 0) is 46.6 Å². The van der Waals surface area contributed by atoms with Gasteiger partial charge >= 0.3 is 12.1 Å². The first-order chi connectivity index (χ1) is 8.74. The minimum absolute atomic E-state index is 0.0567. The molecule has 1 amide bonds. The van der Waals surface area contributed by atoms with Gasteiger partial charge in [-0.3, -0.25) is 4.79 Å². The van der Waals surface area contributed by atoms with E-state index in [1.165, 1.54) is 0 Å². The Morgan fingerprint density at radius 3 is 2.21 bits per heavy atom. The second-order valence-corrected chi connectivity index (χ2v) is 5.91. The number of carboxylic acid groups (broad SMARTS) is 1. The summed E-state index contributed by atoms with van der Waals surface area (Å²) in [5.41, 5.74) is -0.498. The fraction of sp³-hybridized carbons (Fsp3) is 0.846. The number of piperidine rings is 1. The molecule has 0 bridgehead atoms. The third kappa shape index (κ3) is 4.70. The summed E-state index contributed by atoms with van der Waals surface area (Å²) in [6.45, 7) is 6.59. The number of rotatable bonds is 3. The Hall–Kier alpha value is -1.30. The van der Waals surface area contributed by atoms with Crippen LogP contribution in [-0.4, -0.2) is 53.8 Å². The molecule has 1 atom stereocenters. The number of aliphatic carboxylic acids is 1. The summed E-state index contributed by atoms with van der Waals surface area (Å²) in [7, 11) is 1.65. The minimum Gasteiger partial charge on any atom is -0.480 e. The molecule has 0 unspecified atom stereocenters. The summed E-state index contributed by atoms with van der Waals surface area (Å²) in [5, 5.41) is 11.9. The molecule has 6 heteroatoms. The number of hydrogen-bond donors (Lipinski definition) is 2. The molecule has 6 nitrogen and oxygen atoms in total. The van der Waals surface area contributed by atoms with Gasteiger partial charge in [-0.15, -0.1) is 0 Å². The van der Waals surface area contributed by atoms with E-state index in [0.717, 1.165) is 0 Å². The van der Waals surface area contributed by atoms with E-state index >= 15 is 0 Å². The highest BCUT2D eigenvalue weighted by Gasteiger charge is 2.32. The van der Waals surface area contributed by atoms with Crippen LogP contribution in [0.2, 0.25) is 0 Å². The zero-order chi connectivity index (χ0) is 14.6. The van der Waals surface area contributed by atoms with Crippen LogP contribution in [0.5, 0.6) is 0 Å². The van der Waals surface area contributed by atoms with Gasteiger partial charge in [-0.25, -0.2) is 4.79 Å². The lowest BCUT2D eigenvalue weighted by molar-refractivity contribution is -0.141. The molecular formula is C13H24N2O4. The van der Waals surface area contributed by atoms with E-state index < -0.39 is 17.6 Å². The monoisotopic (exact) mass is 272 g/mol. The van der Waals surface area contributed by atoms with Gasteiger partial charge in [0.2, 0.25) is 0 Å². The van der Waals surface area contributed by atoms with Gasteiger partial charge < -0.3 is 20.1 Å². The molecule has 0 spiro atoms. The summed E-state index contributed by atoms with van der Waals surface area (Å²) in [4.78, 5) is 24.6. The third-order valence-electron chi connectivity index (χ3n) is 3.24. The maximum atomic E-state index is 11.9. The van der Waals surface area contributed by atoms with Crippen molar-refractivity contribution < 1.29 is 19.4 Å². The van der Waals surface area contributed by atoms with Crippen molar-refractivity contribution in [2.45, 2.75) is 45.3 Å². The van der Waals surface area contributed by atoms with Crippen LogP contribution in [0, 0.1) is 5.92 Å². The van der Waals surface area contributed by atoms with Crippen molar-refractivity contribution >= 4 is 12.1 Å². The maximum absolute atomic E-state index is 11.9. The molecule has 0 aliphatic carbocycles. The summed E-state index contributed by atoms with van der Waals surface area (Å²) < 4.78 is 5.30. The predicted molar refractivity (Wildman–Crippen MR) is 71.0 cm³/mol. The quantitative estimate of drug-likeness (QED) is 0.809. The van der Waals surface area contributed by atoms with Gasteiger partial charge in [-0.1, -0.05) is 0 Å². The van der Waals surface area contributed by atoms with Crippen molar-refractivity contribution in [1.29, 1.82) is 0 Å². The van der Waals surface area contributed by atoms with Crippen LogP contribution in [0.15, 0.2) is 0 Å². The molecule has 0 aromatic rings. The van der Waals surface area contributed by atoms with Crippen molar-refractivity contribution in [2.75, 3.05) is 20.1 Å². The molecule has 0 saturated carbocycles. The number of carbonyl (C=O) groups is 2. The van der Waals surface area contributed by atoms with Crippen LogP contribution < -0.4 is 5.32 Å². The fourth-order valence-electron chi connectivity index (χ4n) is 2.30. The maximum Gasteiger partial charge on any atom is 0.410 e. The van der Waals surface area contributed by atoms with Crippen molar-refractivity contribution in [3.63, 3.8) is 0 Å². The number of nitrogens with one attached hydrogen (secondary N) is 1. The zero-order valence-corrected chi connectivity index (χ0v) is 12.1. The molecule has 1 rings (SSSR count). The Balaban J connectivity index is 2.49. The molecule has 19 heavy (non-hydrogen) atoms. The highest BCUT2D eigenvalue weighted by Crippen LogP contribution is 2.22. The number of likely N-dealkylation sites (N-methyl/N-ethyl adjacent to an activating group) is 1. The smallest absolute Gasteiger partial charge is 0.410 e. The van der Waals surface area contributed by atoms with E-state index in [4.69, 9.17) is 9.84 Å². The number of likely N-dealkylation sites (tertiary alicyclic amines) is 1. The number of hydrogen-bond acceptors (Lipinski definition) is 4. The lowest BCUT2D eigenvalue weighted by atomic mass is 9.89. The van der Waals surface area contributed by atoms with Crippen LogP contribution in [0.3, 0.4) is 0 Å². The van der Waals surface area contributed by atoms with E-state index in [1.54, 1.807) is 11.9 Å². The van der Waals surface area contributed by atoms with Crippen molar-refractivity contribution in [1.82, 2.24) is 10.2 Å². The lowest BCUT2D eigenvalue weighted by Gasteiger charge is -2.35. The van der Waals surface area contributed by atoms with E-state index in [-0.39, 0.29) is 12.0 Å². The molecule has 110 valence electrons. The van der Waals surface area contributed by atoms with Gasteiger partial charge in [0.05, 0.1) is 0 Å². The van der Waals surface area contributed by atoms with E-state index in [9.17, 15) is 9.59 Å². The topological polar surface area (TPSA) is 78.9 Å². The standard InChI is InChI=1S/C13H24N2O4/c1-13(2,3)19-12(18)15-7-5-9(6-8-15)10(14-4)11(16)17/h9-10,14H,5-8H2,1-4H3,(H,16,17)/t10-/m1/s1. The summed E-state index contributed by atoms with van der Waals surface area (Å²) >= 11 is 0. The Bertz CT molecular complexity index is 330. The van der Waals surface area contributed by atoms with Crippen molar-refractivity contribution in [3.05, 3.63) is 0 Å². The lowest BCUT2D eigenvalue weighted by Crippen LogP contribution is -2.48. The summed E-state index contributed by atoms with van der Waals surface area (Å²) in [6.07, 6.45) is 1.04. The molecule has 0 aromatic heterocycles. The van der Waals surface area contributed by atoms with Crippen molar-refractivity contribution in [3.8, 4) is 0 Å². The minimum atomic E-state index is -0.835. The van der Waals surface area contributed by atoms with E-state index in [2.05, 4.69) is 5.32 Å². The number of amides is 1. The second-order valence-electron chi connectivity index (χ2n) is 5.91. The van der Waals surface area contributed by atoms with Gasteiger partial charge in [0.25, 0.3) is 0 Å². The molecule has 2 N–H and O–H groups in total. The molecular weight excluding hydrogens is 248 g/mol. The van der Waals surface area contributed by atoms with E-state index in [0.29, 0.717) is 25.9 Å². The molecule has 1 saturated heterocycles. The molecule has 1 aliphatic rings. The molecule has 1 aliphatic heterocycles. The number of carboxylic acids is 1. The largest absolute Gasteiger partial charge is 0.480 e. The average molecular weight is 272 g/mol. The van der Waals surface area contributed by atoms with Crippen LogP contribution in [0.1, 0.15) is 33.6 Å². The first-order valence-corrected chi connectivity index (χ1v) is 6.62. The Kier molecular flexibility index (Phi) is 5.17. The van der Waals surface area contributed by atoms with Crippen LogP contribution >= 0.6 is 0 Å². The van der Waals surface area contributed by atoms with Crippen molar-refractivity contribution in [2.24, 2.45) is 5.92 Å². The van der Waals surface area contributed by atoms with Crippen LogP contribution in [-0.2, 0) is 9.53 Å². The first kappa shape index (κ1) is 15.8. The third-order valence-corrected chi connectivity index (χ3v) is 3.24. The highest BCUT2D eigenvalue weighted by atomic mass is 16.6. The summed E-state index contributed by atoms with van der Waals surface area (Å²) in [5.74, 6) is -0.778.